The van der Waals surface area contributed by atoms with Crippen molar-refractivity contribution >= 4 is 12.0 Å². The van der Waals surface area contributed by atoms with Crippen molar-refractivity contribution in [3.05, 3.63) is 35.8 Å². The molecule has 1 amide bonds. The van der Waals surface area contributed by atoms with E-state index in [-0.39, 0.29) is 24.1 Å². The Kier molecular flexibility index (Phi) is 3.92. The van der Waals surface area contributed by atoms with E-state index in [9.17, 15) is 4.79 Å². The summed E-state index contributed by atoms with van der Waals surface area (Å²) in [5.74, 6) is 0.339. The van der Waals surface area contributed by atoms with Gasteiger partial charge in [0.1, 0.15) is 6.10 Å². The van der Waals surface area contributed by atoms with E-state index in [2.05, 4.69) is 4.98 Å². The molecule has 3 unspecified atom stereocenters. The molecule has 3 rings (SSSR count). The van der Waals surface area contributed by atoms with Crippen LogP contribution in [0.1, 0.15) is 31.9 Å². The van der Waals surface area contributed by atoms with Crippen molar-refractivity contribution in [3.8, 4) is 0 Å². The average molecular weight is 287 g/mol. The van der Waals surface area contributed by atoms with Crippen molar-refractivity contribution in [3.63, 3.8) is 0 Å². The molecule has 2 heterocycles. The van der Waals surface area contributed by atoms with Gasteiger partial charge >= 0.3 is 0 Å². The monoisotopic (exact) mass is 287 g/mol. The van der Waals surface area contributed by atoms with Crippen molar-refractivity contribution < 1.29 is 9.53 Å². The maximum absolute atomic E-state index is 12.6. The van der Waals surface area contributed by atoms with Crippen LogP contribution in [0.4, 0.5) is 0 Å². The Labute approximate surface area is 124 Å². The lowest BCUT2D eigenvalue weighted by molar-refractivity contribution is -0.148. The Hall–Kier alpha value is -1.88. The summed E-state index contributed by atoms with van der Waals surface area (Å²) in [7, 11) is 0. The lowest BCUT2D eigenvalue weighted by atomic mass is 9.86. The third-order valence-electron chi connectivity index (χ3n) is 4.25. The molecule has 5 nitrogen and oxygen atoms in total. The number of ether oxygens (including phenoxy) is 1. The van der Waals surface area contributed by atoms with Crippen LogP contribution in [-0.4, -0.2) is 40.5 Å². The first-order valence-corrected chi connectivity index (χ1v) is 7.55. The maximum Gasteiger partial charge on any atom is 0.289 e. The van der Waals surface area contributed by atoms with E-state index in [1.165, 1.54) is 0 Å². The zero-order valence-electron chi connectivity index (χ0n) is 12.2. The van der Waals surface area contributed by atoms with Crippen LogP contribution in [0.3, 0.4) is 0 Å². The molecule has 1 saturated heterocycles. The third kappa shape index (κ3) is 2.78. The maximum atomic E-state index is 12.6. The van der Waals surface area contributed by atoms with E-state index in [1.807, 2.05) is 30.0 Å². The molecule has 2 aliphatic rings. The quantitative estimate of drug-likeness (QED) is 0.838. The Morgan fingerprint density at radius 3 is 3.05 bits per heavy atom. The fraction of sp³-hybridized carbons (Fsp3) is 0.500. The number of aromatic nitrogens is 1. The van der Waals surface area contributed by atoms with Crippen LogP contribution >= 0.6 is 0 Å². The lowest BCUT2D eigenvalue weighted by Gasteiger charge is -2.45. The van der Waals surface area contributed by atoms with E-state index < -0.39 is 0 Å². The molecule has 1 aromatic heterocycles. The first kappa shape index (κ1) is 14.1. The van der Waals surface area contributed by atoms with Gasteiger partial charge in [0.25, 0.3) is 5.91 Å². The Morgan fingerprint density at radius 2 is 2.33 bits per heavy atom. The molecule has 1 aliphatic heterocycles. The molecule has 3 atom stereocenters. The highest BCUT2D eigenvalue weighted by atomic mass is 16.5. The zero-order chi connectivity index (χ0) is 14.8. The van der Waals surface area contributed by atoms with Gasteiger partial charge in [-0.3, -0.25) is 9.78 Å². The summed E-state index contributed by atoms with van der Waals surface area (Å²) >= 11 is 0. The normalized spacial score (nSPS) is 31.0. The fourth-order valence-corrected chi connectivity index (χ4v) is 3.19. The molecule has 0 radical (unpaired) electrons. The Balaban J connectivity index is 1.87. The topological polar surface area (TPSA) is 68.5 Å². The summed E-state index contributed by atoms with van der Waals surface area (Å²) < 4.78 is 5.96. The van der Waals surface area contributed by atoms with E-state index in [1.54, 1.807) is 12.3 Å². The van der Waals surface area contributed by atoms with E-state index in [4.69, 9.17) is 10.5 Å². The number of pyridine rings is 1. The van der Waals surface area contributed by atoms with Crippen LogP contribution < -0.4 is 5.73 Å². The largest absolute Gasteiger partial charge is 0.482 e. The number of rotatable bonds is 2. The average Bonchev–Trinajstić information content (AvgIpc) is 2.50. The smallest absolute Gasteiger partial charge is 0.289 e. The van der Waals surface area contributed by atoms with Gasteiger partial charge in [-0.05, 0) is 38.3 Å². The molecule has 5 heteroatoms. The summed E-state index contributed by atoms with van der Waals surface area (Å²) in [5.41, 5.74) is 6.78. The highest BCUT2D eigenvalue weighted by molar-refractivity contribution is 5.96. The summed E-state index contributed by atoms with van der Waals surface area (Å²) in [6.45, 7) is 2.68. The molecule has 0 spiro atoms. The van der Waals surface area contributed by atoms with E-state index in [0.29, 0.717) is 12.3 Å². The van der Waals surface area contributed by atoms with Gasteiger partial charge in [-0.2, -0.15) is 0 Å². The number of carbonyl (C=O) groups is 1. The van der Waals surface area contributed by atoms with Gasteiger partial charge in [0.05, 0.1) is 11.7 Å². The number of likely N-dealkylation sites (N-methyl/N-ethyl adjacent to an activating group) is 1. The molecule has 1 aromatic rings. The van der Waals surface area contributed by atoms with E-state index in [0.717, 1.165) is 25.0 Å². The lowest BCUT2D eigenvalue weighted by Crippen LogP contribution is -2.57. The fourth-order valence-electron chi connectivity index (χ4n) is 3.19. The third-order valence-corrected chi connectivity index (χ3v) is 4.25. The van der Waals surface area contributed by atoms with Crippen molar-refractivity contribution in [2.24, 2.45) is 5.73 Å². The number of morpholine rings is 1. The molecular formula is C16H21N3O2. The molecule has 0 aromatic carbocycles. The predicted molar refractivity (Wildman–Crippen MR) is 80.1 cm³/mol. The number of amides is 1. The predicted octanol–water partition coefficient (Wildman–Crippen LogP) is 1.55. The second kappa shape index (κ2) is 5.85. The molecule has 0 bridgehead atoms. The number of hydrogen-bond acceptors (Lipinski definition) is 4. The first-order valence-electron chi connectivity index (χ1n) is 7.55. The minimum Gasteiger partial charge on any atom is -0.482 e. The van der Waals surface area contributed by atoms with Gasteiger partial charge < -0.3 is 15.4 Å². The van der Waals surface area contributed by atoms with Crippen molar-refractivity contribution in [1.82, 2.24) is 9.88 Å². The summed E-state index contributed by atoms with van der Waals surface area (Å²) in [5, 5.41) is 0. The highest BCUT2D eigenvalue weighted by Gasteiger charge is 2.42. The van der Waals surface area contributed by atoms with Crippen LogP contribution in [0.2, 0.25) is 0 Å². The second-order valence-corrected chi connectivity index (χ2v) is 5.65. The van der Waals surface area contributed by atoms with Crippen molar-refractivity contribution in [2.75, 3.05) is 6.54 Å². The van der Waals surface area contributed by atoms with Crippen LogP contribution in [0.25, 0.3) is 6.08 Å². The standard InChI is InChI=1S/C16H21N3O2/c1-2-19-13-9-11(17)6-7-14(13)21-15(16(19)20)10-12-5-3-4-8-18-12/h3-5,8,10-11,13-14H,2,6-7,9,17H2,1H3/b15-10+. The summed E-state index contributed by atoms with van der Waals surface area (Å²) in [6, 6.07) is 5.88. The molecule has 1 saturated carbocycles. The molecule has 21 heavy (non-hydrogen) atoms. The molecule has 112 valence electrons. The summed E-state index contributed by atoms with van der Waals surface area (Å²) in [6.07, 6.45) is 6.16. The summed E-state index contributed by atoms with van der Waals surface area (Å²) in [4.78, 5) is 18.7. The SMILES string of the molecule is CCN1C(=O)/C(=C\c2ccccn2)OC2CCC(N)CC21. The molecule has 1 aliphatic carbocycles. The minimum absolute atomic E-state index is 0.0532. The van der Waals surface area contributed by atoms with Gasteiger partial charge in [0.2, 0.25) is 0 Å². The molecular weight excluding hydrogens is 266 g/mol. The number of fused-ring (bicyclic) bond motifs is 1. The first-order chi connectivity index (χ1) is 10.2. The molecule has 2 N–H and O–H groups in total. The van der Waals surface area contributed by atoms with Crippen LogP contribution in [0.5, 0.6) is 0 Å². The number of carbonyl (C=O) groups excluding carboxylic acids is 1. The second-order valence-electron chi connectivity index (χ2n) is 5.65. The Bertz CT molecular complexity index is 544. The van der Waals surface area contributed by atoms with E-state index >= 15 is 0 Å². The molecule has 2 fully saturated rings. The number of nitrogens with two attached hydrogens (primary N) is 1. The van der Waals surface area contributed by atoms with Gasteiger partial charge in [0, 0.05) is 24.9 Å². The minimum atomic E-state index is -0.0569. The van der Waals surface area contributed by atoms with Gasteiger partial charge in [0.15, 0.2) is 5.76 Å². The highest BCUT2D eigenvalue weighted by Crippen LogP contribution is 2.32. The van der Waals surface area contributed by atoms with Crippen LogP contribution in [-0.2, 0) is 9.53 Å². The van der Waals surface area contributed by atoms with Gasteiger partial charge in [-0.1, -0.05) is 6.07 Å². The zero-order valence-corrected chi connectivity index (χ0v) is 12.2. The van der Waals surface area contributed by atoms with Crippen molar-refractivity contribution in [2.45, 2.75) is 44.4 Å². The number of hydrogen-bond donors (Lipinski definition) is 1. The van der Waals surface area contributed by atoms with Crippen LogP contribution in [0.15, 0.2) is 30.2 Å². The van der Waals surface area contributed by atoms with Gasteiger partial charge in [-0.25, -0.2) is 0 Å². The van der Waals surface area contributed by atoms with Gasteiger partial charge in [-0.15, -0.1) is 0 Å². The Morgan fingerprint density at radius 1 is 1.48 bits per heavy atom. The number of nitrogens with zero attached hydrogens (tertiary/aromatic N) is 2. The van der Waals surface area contributed by atoms with Crippen LogP contribution in [0, 0.1) is 0 Å². The van der Waals surface area contributed by atoms with Crippen molar-refractivity contribution in [1.29, 1.82) is 0 Å².